The molecule has 2 N–H and O–H groups in total. The smallest absolute Gasteiger partial charge is 0.271 e. The van der Waals surface area contributed by atoms with E-state index in [0.29, 0.717) is 41.3 Å². The van der Waals surface area contributed by atoms with E-state index in [4.69, 9.17) is 33.7 Å². The number of carbonyl (C=O) groups is 1. The van der Waals surface area contributed by atoms with E-state index in [-0.39, 0.29) is 40.2 Å². The summed E-state index contributed by atoms with van der Waals surface area (Å²) in [5.74, 6) is -0.178. The van der Waals surface area contributed by atoms with Crippen molar-refractivity contribution in [1.82, 2.24) is 0 Å². The number of Topliss-reactive ketones (excluding diaryl/α,β-unsaturated/α-hetero) is 1. The number of hydrogen-bond donors (Lipinski definition) is 1. The lowest BCUT2D eigenvalue weighted by Crippen LogP contribution is -2.39. The topological polar surface area (TPSA) is 122 Å². The Bertz CT molecular complexity index is 1710. The van der Waals surface area contributed by atoms with Gasteiger partial charge in [-0.15, -0.1) is 0 Å². The number of ether oxygens (including phenoxy) is 1. The van der Waals surface area contributed by atoms with Gasteiger partial charge in [-0.05, 0) is 67.1 Å². The Morgan fingerprint density at radius 1 is 1.10 bits per heavy atom. The van der Waals surface area contributed by atoms with E-state index in [0.717, 1.165) is 22.3 Å². The van der Waals surface area contributed by atoms with Crippen molar-refractivity contribution in [2.24, 2.45) is 5.73 Å². The average Bonchev–Trinajstić information content (AvgIpc) is 2.93. The van der Waals surface area contributed by atoms with Gasteiger partial charge in [0.2, 0.25) is 0 Å². The van der Waals surface area contributed by atoms with Crippen LogP contribution < -0.4 is 15.4 Å². The van der Waals surface area contributed by atoms with Gasteiger partial charge >= 0.3 is 0 Å². The van der Waals surface area contributed by atoms with Gasteiger partial charge in [-0.3, -0.25) is 19.8 Å². The first kappa shape index (κ1) is 28.2. The maximum Gasteiger partial charge on any atom is 0.271 e. The summed E-state index contributed by atoms with van der Waals surface area (Å²) in [6.45, 7) is 4.14. The van der Waals surface area contributed by atoms with Crippen molar-refractivity contribution in [3.63, 3.8) is 0 Å². The molecule has 41 heavy (non-hydrogen) atoms. The molecule has 0 bridgehead atoms. The molecule has 0 fully saturated rings. The van der Waals surface area contributed by atoms with Crippen molar-refractivity contribution in [1.29, 1.82) is 5.26 Å². The minimum absolute atomic E-state index is 0.0854. The number of para-hydroxylation sites is 1. The van der Waals surface area contributed by atoms with Gasteiger partial charge in [0.1, 0.15) is 18.2 Å². The van der Waals surface area contributed by atoms with Crippen LogP contribution in [0.3, 0.4) is 0 Å². The first-order chi connectivity index (χ1) is 19.6. The van der Waals surface area contributed by atoms with Crippen LogP contribution in [0.15, 0.2) is 77.3 Å². The lowest BCUT2D eigenvalue weighted by Gasteiger charge is -2.40. The molecule has 0 aromatic heterocycles. The van der Waals surface area contributed by atoms with E-state index < -0.39 is 10.8 Å². The summed E-state index contributed by atoms with van der Waals surface area (Å²) >= 11 is 12.8. The minimum atomic E-state index is -0.712. The fourth-order valence-corrected chi connectivity index (χ4v) is 5.95. The molecule has 5 rings (SSSR count). The number of nitro groups is 1. The van der Waals surface area contributed by atoms with E-state index in [2.05, 4.69) is 6.07 Å². The maximum absolute atomic E-state index is 13.6. The number of rotatable bonds is 6. The highest BCUT2D eigenvalue weighted by atomic mass is 35.5. The molecular weight excluding hydrogens is 563 g/mol. The van der Waals surface area contributed by atoms with Crippen LogP contribution in [0.25, 0.3) is 0 Å². The first-order valence-electron chi connectivity index (χ1n) is 13.0. The molecule has 1 aliphatic heterocycles. The fraction of sp³-hybridized carbons (Fsp3) is 0.226. The van der Waals surface area contributed by atoms with Gasteiger partial charge in [-0.2, -0.15) is 5.26 Å². The first-order valence-corrected chi connectivity index (χ1v) is 13.7. The van der Waals surface area contributed by atoms with Gasteiger partial charge in [0.15, 0.2) is 5.78 Å². The minimum Gasteiger partial charge on any atom is -0.487 e. The van der Waals surface area contributed by atoms with Gasteiger partial charge in [0.25, 0.3) is 5.69 Å². The Kier molecular flexibility index (Phi) is 7.76. The van der Waals surface area contributed by atoms with Gasteiger partial charge in [0, 0.05) is 29.8 Å². The number of ketones is 1. The Morgan fingerprint density at radius 2 is 1.85 bits per heavy atom. The highest BCUT2D eigenvalue weighted by molar-refractivity contribution is 6.33. The quantitative estimate of drug-likeness (QED) is 0.235. The van der Waals surface area contributed by atoms with Crippen molar-refractivity contribution < 1.29 is 14.5 Å². The van der Waals surface area contributed by atoms with Crippen molar-refractivity contribution >= 4 is 40.4 Å². The summed E-state index contributed by atoms with van der Waals surface area (Å²) in [5, 5.41) is 22.7. The zero-order valence-electron chi connectivity index (χ0n) is 22.4. The molecule has 0 radical (unpaired) electrons. The van der Waals surface area contributed by atoms with Gasteiger partial charge in [-0.25, -0.2) is 0 Å². The SMILES string of the molecule is Cc1cc(C)c(C2C(C#N)=C(N)N(c3cc([N+](=O)[O-])ccc3Cl)C3=C2C(=O)CCC3)cc1COc1ccccc1Cl. The van der Waals surface area contributed by atoms with Gasteiger partial charge < -0.3 is 10.5 Å². The molecule has 1 heterocycles. The summed E-state index contributed by atoms with van der Waals surface area (Å²) in [4.78, 5) is 26.2. The molecular formula is C31H26Cl2N4O4. The number of non-ortho nitro benzene ring substituents is 1. The van der Waals surface area contributed by atoms with Gasteiger partial charge in [0.05, 0.1) is 38.2 Å². The van der Waals surface area contributed by atoms with Gasteiger partial charge in [-0.1, -0.05) is 47.5 Å². The monoisotopic (exact) mass is 588 g/mol. The number of carbonyl (C=O) groups excluding carboxylic acids is 1. The van der Waals surface area contributed by atoms with Crippen LogP contribution in [0.1, 0.15) is 47.4 Å². The maximum atomic E-state index is 13.6. The van der Waals surface area contributed by atoms with Crippen molar-refractivity contribution in [3.8, 4) is 11.8 Å². The third-order valence-electron chi connectivity index (χ3n) is 7.55. The van der Waals surface area contributed by atoms with E-state index in [9.17, 15) is 20.2 Å². The van der Waals surface area contributed by atoms with Crippen LogP contribution in [0.2, 0.25) is 10.0 Å². The number of allylic oxidation sites excluding steroid dienone is 3. The largest absolute Gasteiger partial charge is 0.487 e. The van der Waals surface area contributed by atoms with Crippen LogP contribution >= 0.6 is 23.2 Å². The normalized spacial score (nSPS) is 16.9. The molecule has 0 saturated heterocycles. The molecule has 1 aliphatic carbocycles. The third kappa shape index (κ3) is 5.15. The summed E-state index contributed by atoms with van der Waals surface area (Å²) in [5.41, 5.74) is 11.5. The predicted octanol–water partition coefficient (Wildman–Crippen LogP) is 7.40. The summed E-state index contributed by atoms with van der Waals surface area (Å²) in [7, 11) is 0. The molecule has 0 amide bonds. The Morgan fingerprint density at radius 3 is 2.56 bits per heavy atom. The van der Waals surface area contributed by atoms with Crippen LogP contribution in [0.4, 0.5) is 11.4 Å². The van der Waals surface area contributed by atoms with E-state index in [1.807, 2.05) is 38.1 Å². The van der Waals surface area contributed by atoms with Crippen molar-refractivity contribution in [2.45, 2.75) is 45.6 Å². The molecule has 10 heteroatoms. The Labute approximate surface area is 247 Å². The van der Waals surface area contributed by atoms with Crippen molar-refractivity contribution in [3.05, 3.63) is 120 Å². The summed E-state index contributed by atoms with van der Waals surface area (Å²) in [6.07, 6.45) is 1.38. The lowest BCUT2D eigenvalue weighted by atomic mass is 9.74. The number of aryl methyl sites for hydroxylation is 2. The zero-order valence-corrected chi connectivity index (χ0v) is 23.9. The molecule has 208 valence electrons. The number of nitrogens with two attached hydrogens (primary N) is 1. The third-order valence-corrected chi connectivity index (χ3v) is 8.18. The number of anilines is 1. The molecule has 8 nitrogen and oxygen atoms in total. The highest BCUT2D eigenvalue weighted by Gasteiger charge is 2.41. The molecule has 1 unspecified atom stereocenters. The van der Waals surface area contributed by atoms with Crippen molar-refractivity contribution in [2.75, 3.05) is 4.90 Å². The number of halogens is 2. The number of benzene rings is 3. The molecule has 1 atom stereocenters. The van der Waals surface area contributed by atoms with Crippen LogP contribution in [0, 0.1) is 35.3 Å². The van der Waals surface area contributed by atoms with Crippen LogP contribution in [0.5, 0.6) is 5.75 Å². The highest BCUT2D eigenvalue weighted by Crippen LogP contribution is 2.48. The Hall–Kier alpha value is -4.32. The second-order valence-electron chi connectivity index (χ2n) is 10.1. The lowest BCUT2D eigenvalue weighted by molar-refractivity contribution is -0.384. The number of nitrogens with zero attached hydrogens (tertiary/aromatic N) is 3. The number of nitro benzene ring substituents is 1. The zero-order chi connectivity index (χ0) is 29.4. The predicted molar refractivity (Wildman–Crippen MR) is 158 cm³/mol. The number of nitriles is 1. The second kappa shape index (κ2) is 11.3. The molecule has 3 aromatic carbocycles. The van der Waals surface area contributed by atoms with Crippen LogP contribution in [-0.2, 0) is 11.4 Å². The van der Waals surface area contributed by atoms with E-state index in [1.54, 1.807) is 17.0 Å². The van der Waals surface area contributed by atoms with E-state index >= 15 is 0 Å². The molecule has 0 saturated carbocycles. The van der Waals surface area contributed by atoms with Crippen LogP contribution in [-0.4, -0.2) is 10.7 Å². The molecule has 3 aromatic rings. The number of hydrogen-bond acceptors (Lipinski definition) is 7. The second-order valence-corrected chi connectivity index (χ2v) is 10.9. The van der Waals surface area contributed by atoms with E-state index in [1.165, 1.54) is 18.2 Å². The standard InChI is InChI=1S/C31H26Cl2N4O4/c1-17-12-18(2)21(13-19(17)16-41-28-9-4-3-6-24(28)33)29-22(15-34)31(35)36(25-7-5-8-27(38)30(25)29)26-14-20(37(39)40)10-11-23(26)32/h3-4,6,9-14,29H,5,7-8,16,35H2,1-2H3. The Balaban J connectivity index is 1.66. The average molecular weight is 589 g/mol. The molecule has 0 spiro atoms. The fourth-order valence-electron chi connectivity index (χ4n) is 5.56. The molecule has 2 aliphatic rings. The summed E-state index contributed by atoms with van der Waals surface area (Å²) < 4.78 is 6.02. The summed E-state index contributed by atoms with van der Waals surface area (Å²) in [6, 6.07) is 17.4.